The van der Waals surface area contributed by atoms with E-state index in [0.717, 1.165) is 0 Å². The van der Waals surface area contributed by atoms with Crippen molar-refractivity contribution >= 4 is 5.91 Å². The Balaban J connectivity index is 1.74. The van der Waals surface area contributed by atoms with Gasteiger partial charge in [-0.15, -0.1) is 0 Å². The van der Waals surface area contributed by atoms with Gasteiger partial charge in [0, 0.05) is 14.0 Å². The molecule has 3 rings (SSSR count). The molecule has 3 aliphatic rings. The number of carbonyl (C=O) groups is 1. The SMILES string of the molecule is CO[C@@H]1O[C@H](CO)[C@@H](O)[C@H](O[C@@H]2O[C@@H](C)[C@H](O[C@H]3O[C@H](CO)[C@@H](O)[C@H](O)[C@H]3O)[C@@H](O)[C@H]2O)[C@H]1NC(C)=O. The zero-order chi connectivity index (χ0) is 27.6. The minimum Gasteiger partial charge on any atom is -0.394 e. The summed E-state index contributed by atoms with van der Waals surface area (Å²) in [6, 6.07) is -1.09. The third-order valence-electron chi connectivity index (χ3n) is 6.66. The molecule has 16 heteroatoms. The maximum absolute atomic E-state index is 11.8. The van der Waals surface area contributed by atoms with Crippen molar-refractivity contribution in [2.75, 3.05) is 20.3 Å². The summed E-state index contributed by atoms with van der Waals surface area (Å²) in [5.41, 5.74) is 0. The van der Waals surface area contributed by atoms with Gasteiger partial charge < -0.3 is 74.6 Å². The molecular weight excluding hydrogens is 506 g/mol. The second-order valence-electron chi connectivity index (χ2n) is 9.27. The summed E-state index contributed by atoms with van der Waals surface area (Å²) in [6.07, 6.45) is -20.5. The average molecular weight is 544 g/mol. The first-order chi connectivity index (χ1) is 17.4. The lowest BCUT2D eigenvalue weighted by atomic mass is 9.95. The van der Waals surface area contributed by atoms with Crippen molar-refractivity contribution in [1.82, 2.24) is 5.32 Å². The van der Waals surface area contributed by atoms with E-state index >= 15 is 0 Å². The van der Waals surface area contributed by atoms with Crippen molar-refractivity contribution in [1.29, 1.82) is 0 Å². The predicted molar refractivity (Wildman–Crippen MR) is 116 cm³/mol. The van der Waals surface area contributed by atoms with Gasteiger partial charge in [-0.25, -0.2) is 0 Å². The van der Waals surface area contributed by atoms with Crippen LogP contribution in [-0.4, -0.2) is 159 Å². The number of aliphatic hydroxyl groups is 8. The number of rotatable bonds is 8. The minimum atomic E-state index is -1.78. The topological polar surface area (TPSA) is 246 Å². The van der Waals surface area contributed by atoms with E-state index in [1.165, 1.54) is 21.0 Å². The highest BCUT2D eigenvalue weighted by atomic mass is 16.7. The molecule has 0 aliphatic carbocycles. The molecule has 3 aliphatic heterocycles. The number of hydrogen-bond acceptors (Lipinski definition) is 15. The largest absolute Gasteiger partial charge is 0.394 e. The Labute approximate surface area is 212 Å². The minimum absolute atomic E-state index is 0.509. The lowest BCUT2D eigenvalue weighted by molar-refractivity contribution is -0.368. The number of nitrogens with one attached hydrogen (secondary N) is 1. The number of methoxy groups -OCH3 is 1. The third kappa shape index (κ3) is 6.39. The number of aliphatic hydroxyl groups excluding tert-OH is 8. The van der Waals surface area contributed by atoms with Crippen LogP contribution >= 0.6 is 0 Å². The van der Waals surface area contributed by atoms with E-state index in [1.807, 2.05) is 0 Å². The van der Waals surface area contributed by atoms with Gasteiger partial charge in [0.1, 0.15) is 67.1 Å². The molecule has 0 unspecified atom stereocenters. The van der Waals surface area contributed by atoms with E-state index in [4.69, 9.17) is 28.4 Å². The first kappa shape index (κ1) is 30.5. The summed E-state index contributed by atoms with van der Waals surface area (Å²) in [6.45, 7) is 1.35. The first-order valence-electron chi connectivity index (χ1n) is 11.8. The Morgan fingerprint density at radius 1 is 0.730 bits per heavy atom. The van der Waals surface area contributed by atoms with Gasteiger partial charge in [-0.2, -0.15) is 0 Å². The van der Waals surface area contributed by atoms with Crippen molar-refractivity contribution in [3.05, 3.63) is 0 Å². The molecule has 1 amide bonds. The second kappa shape index (κ2) is 12.8. The molecule has 16 nitrogen and oxygen atoms in total. The van der Waals surface area contributed by atoms with Crippen LogP contribution in [0.3, 0.4) is 0 Å². The summed E-state index contributed by atoms with van der Waals surface area (Å²) in [4.78, 5) is 11.8. The highest BCUT2D eigenvalue weighted by molar-refractivity contribution is 5.73. The number of amides is 1. The smallest absolute Gasteiger partial charge is 0.217 e. The molecule has 3 heterocycles. The fourth-order valence-electron chi connectivity index (χ4n) is 4.62. The molecule has 15 atom stereocenters. The average Bonchev–Trinajstić information content (AvgIpc) is 2.86. The fraction of sp³-hybridized carbons (Fsp3) is 0.952. The zero-order valence-electron chi connectivity index (χ0n) is 20.5. The van der Waals surface area contributed by atoms with E-state index in [2.05, 4.69) is 5.32 Å². The van der Waals surface area contributed by atoms with Crippen molar-refractivity contribution in [3.8, 4) is 0 Å². The molecular formula is C21H37NO15. The quantitative estimate of drug-likeness (QED) is 0.138. The van der Waals surface area contributed by atoms with Gasteiger partial charge in [-0.1, -0.05) is 0 Å². The maximum Gasteiger partial charge on any atom is 0.217 e. The van der Waals surface area contributed by atoms with E-state index in [9.17, 15) is 45.6 Å². The Morgan fingerprint density at radius 3 is 1.81 bits per heavy atom. The summed E-state index contributed by atoms with van der Waals surface area (Å²) in [5.74, 6) is -0.509. The first-order valence-corrected chi connectivity index (χ1v) is 11.8. The second-order valence-corrected chi connectivity index (χ2v) is 9.27. The predicted octanol–water partition coefficient (Wildman–Crippen LogP) is -5.75. The van der Waals surface area contributed by atoms with Crippen molar-refractivity contribution in [3.63, 3.8) is 0 Å². The Hall–Kier alpha value is -1.09. The molecule has 0 spiro atoms. The Morgan fingerprint density at radius 2 is 1.24 bits per heavy atom. The van der Waals surface area contributed by atoms with Crippen LogP contribution in [0.15, 0.2) is 0 Å². The van der Waals surface area contributed by atoms with E-state index in [-0.39, 0.29) is 0 Å². The van der Waals surface area contributed by atoms with Crippen LogP contribution in [0.1, 0.15) is 13.8 Å². The monoisotopic (exact) mass is 543 g/mol. The standard InChI is InChI=1S/C21H37NO15/c1-6-17(36-21-15(30)13(28)11(26)8(4-23)35-21)14(29)16(31)20(33-6)37-18-10(22-7(2)25)19(32-3)34-9(5-24)12(18)27/h6,8-21,23-24,26-31H,4-5H2,1-3H3,(H,22,25)/t6-,8+,9+,10+,11+,12+,13-,14-,15+,16+,17-,18+,19+,20-,21+/m0/s1. The molecule has 9 N–H and O–H groups in total. The van der Waals surface area contributed by atoms with Crippen LogP contribution in [0.4, 0.5) is 0 Å². The van der Waals surface area contributed by atoms with Crippen molar-refractivity contribution < 1.29 is 74.1 Å². The molecule has 0 radical (unpaired) electrons. The van der Waals surface area contributed by atoms with Crippen LogP contribution in [0, 0.1) is 0 Å². The molecule has 3 saturated heterocycles. The Bertz CT molecular complexity index is 745. The van der Waals surface area contributed by atoms with Crippen molar-refractivity contribution in [2.24, 2.45) is 0 Å². The summed E-state index contributed by atoms with van der Waals surface area (Å²) in [7, 11) is 1.28. The van der Waals surface area contributed by atoms with Gasteiger partial charge in [0.15, 0.2) is 18.9 Å². The van der Waals surface area contributed by atoms with E-state index in [0.29, 0.717) is 0 Å². The summed E-state index contributed by atoms with van der Waals surface area (Å²) >= 11 is 0. The maximum atomic E-state index is 11.8. The molecule has 0 bridgehead atoms. The molecule has 216 valence electrons. The summed E-state index contributed by atoms with van der Waals surface area (Å²) in [5, 5.41) is 83.8. The number of carbonyl (C=O) groups excluding carboxylic acids is 1. The molecule has 37 heavy (non-hydrogen) atoms. The molecule has 0 aromatic carbocycles. The van der Waals surface area contributed by atoms with E-state index in [1.54, 1.807) is 0 Å². The van der Waals surface area contributed by atoms with Crippen LogP contribution in [-0.2, 0) is 33.2 Å². The summed E-state index contributed by atoms with van der Waals surface area (Å²) < 4.78 is 33.0. The highest BCUT2D eigenvalue weighted by Gasteiger charge is 2.53. The van der Waals surface area contributed by atoms with Crippen LogP contribution < -0.4 is 5.32 Å². The lowest BCUT2D eigenvalue weighted by Gasteiger charge is -2.48. The van der Waals surface area contributed by atoms with Crippen molar-refractivity contribution in [2.45, 2.75) is 106 Å². The molecule has 0 aromatic rings. The van der Waals surface area contributed by atoms with Gasteiger partial charge in [-0.05, 0) is 6.92 Å². The van der Waals surface area contributed by atoms with E-state index < -0.39 is 111 Å². The third-order valence-corrected chi connectivity index (χ3v) is 6.66. The van der Waals surface area contributed by atoms with Gasteiger partial charge in [-0.3, -0.25) is 4.79 Å². The normalized spacial score (nSPS) is 49.0. The molecule has 0 saturated carbocycles. The van der Waals surface area contributed by atoms with Gasteiger partial charge in [0.05, 0.1) is 19.3 Å². The number of hydrogen-bond donors (Lipinski definition) is 9. The van der Waals surface area contributed by atoms with Gasteiger partial charge in [0.2, 0.25) is 5.91 Å². The van der Waals surface area contributed by atoms with Gasteiger partial charge in [0.25, 0.3) is 0 Å². The Kier molecular flexibility index (Phi) is 10.6. The number of ether oxygens (including phenoxy) is 6. The van der Waals surface area contributed by atoms with Crippen LogP contribution in [0.2, 0.25) is 0 Å². The zero-order valence-corrected chi connectivity index (χ0v) is 20.5. The molecule has 0 aromatic heterocycles. The van der Waals surface area contributed by atoms with Gasteiger partial charge >= 0.3 is 0 Å². The van der Waals surface area contributed by atoms with Crippen LogP contribution in [0.5, 0.6) is 0 Å². The highest BCUT2D eigenvalue weighted by Crippen LogP contribution is 2.32. The van der Waals surface area contributed by atoms with Crippen LogP contribution in [0.25, 0.3) is 0 Å². The lowest BCUT2D eigenvalue weighted by Crippen LogP contribution is -2.68. The molecule has 3 fully saturated rings. The fourth-order valence-corrected chi connectivity index (χ4v) is 4.62.